The molecule has 0 aliphatic rings. The largest absolute Gasteiger partial charge is 0.309 e. The highest BCUT2D eigenvalue weighted by atomic mass is 15.0. The number of aromatic nitrogens is 6. The molecule has 0 aliphatic heterocycles. The Kier molecular flexibility index (Phi) is 19.0. The minimum absolute atomic E-state index is 0.674. The number of para-hydroxylation sites is 12. The van der Waals surface area contributed by atoms with Crippen molar-refractivity contribution in [3.8, 4) is 85.7 Å². The Bertz CT molecular complexity index is 10800. The maximum absolute atomic E-state index is 9.93. The molecule has 9 heteroatoms. The highest BCUT2D eigenvalue weighted by Gasteiger charge is 2.28. The molecule has 144 heavy (non-hydrogen) atoms. The van der Waals surface area contributed by atoms with E-state index in [1.54, 1.807) is 0 Å². The number of rotatable bonds is 9. The van der Waals surface area contributed by atoms with Crippen molar-refractivity contribution in [1.82, 2.24) is 27.4 Å². The van der Waals surface area contributed by atoms with Gasteiger partial charge in [0, 0.05) is 121 Å². The van der Waals surface area contributed by atoms with Crippen LogP contribution in [0.4, 0.5) is 0 Å². The number of nitrogens with zero attached hydrogens (tertiary/aromatic N) is 9. The Morgan fingerprint density at radius 3 is 0.792 bits per heavy atom. The van der Waals surface area contributed by atoms with E-state index >= 15 is 0 Å². The van der Waals surface area contributed by atoms with Crippen LogP contribution in [0.25, 0.3) is 263 Å². The zero-order valence-electron chi connectivity index (χ0n) is 77.8. The molecular weight excluding hydrogens is 1750 g/mol. The molecule has 0 amide bonds. The summed E-state index contributed by atoms with van der Waals surface area (Å²) in [7, 11) is 0. The first kappa shape index (κ1) is 82.4. The molecule has 9 nitrogen and oxygen atoms in total. The van der Waals surface area contributed by atoms with Gasteiger partial charge in [-0.05, 0) is 234 Å². The van der Waals surface area contributed by atoms with Crippen LogP contribution in [-0.2, 0) is 0 Å². The summed E-state index contributed by atoms with van der Waals surface area (Å²) in [6.07, 6.45) is 0. The Balaban J connectivity index is 0.000000105. The van der Waals surface area contributed by atoms with Crippen LogP contribution in [0.1, 0.15) is 16.7 Å². The molecule has 666 valence electrons. The predicted octanol–water partition coefficient (Wildman–Crippen LogP) is 35.2. The monoisotopic (exact) mass is 1830 g/mol. The van der Waals surface area contributed by atoms with Crippen LogP contribution in [0.5, 0.6) is 0 Å². The smallest absolute Gasteiger partial charge is 0.0998 e. The lowest BCUT2D eigenvalue weighted by Gasteiger charge is -2.15. The quantitative estimate of drug-likeness (QED) is 0.135. The second kappa shape index (κ2) is 33.2. The average molecular weight is 1830 g/mol. The Hall–Kier alpha value is -19.9. The molecule has 0 bridgehead atoms. The Morgan fingerprint density at radius 2 is 0.403 bits per heavy atom. The first-order valence-electron chi connectivity index (χ1n) is 48.8. The molecule has 0 saturated heterocycles. The van der Waals surface area contributed by atoms with Crippen LogP contribution < -0.4 is 0 Å². The van der Waals surface area contributed by atoms with Crippen LogP contribution in [-0.4, -0.2) is 27.4 Å². The zero-order valence-corrected chi connectivity index (χ0v) is 77.8. The molecular formula is C135H81N9. The van der Waals surface area contributed by atoms with Crippen LogP contribution in [0.15, 0.2) is 491 Å². The highest BCUT2D eigenvalue weighted by Crippen LogP contribution is 2.50. The van der Waals surface area contributed by atoms with Crippen molar-refractivity contribution < 1.29 is 0 Å². The highest BCUT2D eigenvalue weighted by molar-refractivity contribution is 6.26. The van der Waals surface area contributed by atoms with Gasteiger partial charge in [0.1, 0.15) is 0 Å². The van der Waals surface area contributed by atoms with Crippen LogP contribution in [0.2, 0.25) is 0 Å². The van der Waals surface area contributed by atoms with Crippen molar-refractivity contribution in [2.75, 3.05) is 0 Å². The van der Waals surface area contributed by atoms with Gasteiger partial charge in [-0.1, -0.05) is 334 Å². The van der Waals surface area contributed by atoms with Gasteiger partial charge in [0.2, 0.25) is 0 Å². The molecule has 24 aromatic carbocycles. The van der Waals surface area contributed by atoms with Gasteiger partial charge >= 0.3 is 0 Å². The summed E-state index contributed by atoms with van der Waals surface area (Å²) < 4.78 is 14.5. The van der Waals surface area contributed by atoms with Gasteiger partial charge in [0.25, 0.3) is 0 Å². The van der Waals surface area contributed by atoms with Crippen molar-refractivity contribution >= 4 is 195 Å². The summed E-state index contributed by atoms with van der Waals surface area (Å²) in [4.78, 5) is 0. The lowest BCUT2D eigenvalue weighted by Crippen LogP contribution is -1.96. The maximum Gasteiger partial charge on any atom is 0.0998 e. The van der Waals surface area contributed by atoms with Gasteiger partial charge in [0.15, 0.2) is 0 Å². The summed E-state index contributed by atoms with van der Waals surface area (Å²) in [6.45, 7) is 0. The minimum atomic E-state index is 0.674. The van der Waals surface area contributed by atoms with Crippen molar-refractivity contribution in [2.45, 2.75) is 0 Å². The molecule has 0 aliphatic carbocycles. The summed E-state index contributed by atoms with van der Waals surface area (Å²) >= 11 is 0. The zero-order chi connectivity index (χ0) is 95.3. The topological polar surface area (TPSA) is 101 Å². The van der Waals surface area contributed by atoms with Gasteiger partial charge in [-0.15, -0.1) is 0 Å². The van der Waals surface area contributed by atoms with Gasteiger partial charge in [-0.2, -0.15) is 15.8 Å². The van der Waals surface area contributed by atoms with E-state index in [1.807, 2.05) is 42.5 Å². The first-order valence-corrected chi connectivity index (χ1v) is 48.8. The summed E-state index contributed by atoms with van der Waals surface area (Å²) in [5.41, 5.74) is 30.3. The molecule has 0 atom stereocenters. The van der Waals surface area contributed by atoms with E-state index in [-0.39, 0.29) is 0 Å². The van der Waals surface area contributed by atoms with Crippen LogP contribution in [0, 0.1) is 34.0 Å². The van der Waals surface area contributed by atoms with E-state index in [1.165, 1.54) is 180 Å². The van der Waals surface area contributed by atoms with E-state index in [0.717, 1.165) is 82.7 Å². The van der Waals surface area contributed by atoms with Crippen molar-refractivity contribution in [2.24, 2.45) is 0 Å². The molecule has 30 rings (SSSR count). The fourth-order valence-electron chi connectivity index (χ4n) is 23.7. The number of fused-ring (bicyclic) bond motifs is 27. The third-order valence-electron chi connectivity index (χ3n) is 29.7. The van der Waals surface area contributed by atoms with Crippen molar-refractivity contribution in [3.63, 3.8) is 0 Å². The van der Waals surface area contributed by atoms with Gasteiger partial charge < -0.3 is 27.4 Å². The predicted molar refractivity (Wildman–Crippen MR) is 601 cm³/mol. The lowest BCUT2D eigenvalue weighted by molar-refractivity contribution is 1.18. The molecule has 0 unspecified atom stereocenters. The summed E-state index contributed by atoms with van der Waals surface area (Å²) in [6, 6.07) is 183. The summed E-state index contributed by atoms with van der Waals surface area (Å²) in [5, 5.41) is 57.1. The second-order valence-electron chi connectivity index (χ2n) is 37.4. The lowest BCUT2D eigenvalue weighted by atomic mass is 9.96. The number of hydrogen-bond donors (Lipinski definition) is 0. The molecule has 6 heterocycles. The second-order valence-corrected chi connectivity index (χ2v) is 37.4. The first-order chi connectivity index (χ1) is 71.4. The Morgan fingerprint density at radius 1 is 0.139 bits per heavy atom. The van der Waals surface area contributed by atoms with E-state index in [9.17, 15) is 15.8 Å². The number of nitriles is 3. The normalized spacial score (nSPS) is 11.7. The van der Waals surface area contributed by atoms with E-state index in [4.69, 9.17) is 0 Å². The number of benzene rings is 24. The van der Waals surface area contributed by atoms with Gasteiger partial charge in [-0.25, -0.2) is 0 Å². The number of hydrogen-bond acceptors (Lipinski definition) is 3. The molecule has 0 radical (unpaired) electrons. The third kappa shape index (κ3) is 12.8. The molecule has 0 spiro atoms. The van der Waals surface area contributed by atoms with Crippen molar-refractivity contribution in [3.05, 3.63) is 508 Å². The van der Waals surface area contributed by atoms with Crippen molar-refractivity contribution in [1.29, 1.82) is 15.8 Å². The fraction of sp³-hybridized carbons (Fsp3) is 0. The minimum Gasteiger partial charge on any atom is -0.309 e. The fourth-order valence-corrected chi connectivity index (χ4v) is 23.7. The van der Waals surface area contributed by atoms with E-state index in [2.05, 4.69) is 495 Å². The standard InChI is InChI=1S/3C45H27N3/c46-28-29-20-25-34-31(26-29)22-21-30-23-24-33(27-40(30)34)48-41-17-6-4-12-35(41)37-15-8-16-38(45(37)48)36-14-9-19-43-44(36)39-13-5-7-18-42(39)47(43)32-10-2-1-3-11-32;46-28-29-20-24-34-30(26-29)21-22-31-27-33(23-25-35(31)34)48-41-17-6-4-12-36(41)38-15-8-16-39(45(38)48)37-14-9-19-43-44(37)40-13-5-7-18-42(40)47(43)32-10-2-1-3-11-32;46-28-30-26-29-24-25-32(27-40(29)34-15-5-4-14-33(30)34)48-41-21-8-6-16-35(41)37-19-10-20-38(45(37)48)36-18-11-23-43-44(36)39-17-7-9-22-42(39)47(43)31-12-2-1-3-13-31/h3*1-27H. The SMILES string of the molecule is N#Cc1cc2ccc(-n3c4ccccc4c4cccc(-c5cccc6c5c5ccccc5n6-c5ccccc5)c43)cc2c2ccccc12.N#Cc1ccc2c(ccc3cc(-n4c5ccccc5c5cccc(-c6cccc7c6c6ccccc6n7-c6ccccc6)c54)ccc32)c1.N#Cc1ccc2c(ccc3ccc(-n4c5ccccc5c5cccc(-c6cccc7c6c6ccccc6n7-c6ccccc6)c54)cc32)c1. The molecule has 0 fully saturated rings. The summed E-state index contributed by atoms with van der Waals surface area (Å²) in [5.74, 6) is 0. The van der Waals surface area contributed by atoms with Gasteiger partial charge in [0.05, 0.1) is 101 Å². The molecule has 30 aromatic rings. The molecule has 0 saturated carbocycles. The van der Waals surface area contributed by atoms with Crippen LogP contribution in [0.3, 0.4) is 0 Å². The molecule has 6 aromatic heterocycles. The van der Waals surface area contributed by atoms with Crippen LogP contribution >= 0.6 is 0 Å². The van der Waals surface area contributed by atoms with E-state index in [0.29, 0.717) is 16.7 Å². The molecule has 0 N–H and O–H groups in total. The third-order valence-corrected chi connectivity index (χ3v) is 29.7. The van der Waals surface area contributed by atoms with Gasteiger partial charge in [-0.3, -0.25) is 0 Å². The van der Waals surface area contributed by atoms with E-state index < -0.39 is 0 Å². The Labute approximate surface area is 826 Å². The average Bonchev–Trinajstić information content (AvgIpc) is 1.55. The maximum atomic E-state index is 9.93.